The summed E-state index contributed by atoms with van der Waals surface area (Å²) < 4.78 is 0. The van der Waals surface area contributed by atoms with Crippen molar-refractivity contribution in [2.75, 3.05) is 0 Å². The van der Waals surface area contributed by atoms with Crippen molar-refractivity contribution in [1.29, 1.82) is 0 Å². The van der Waals surface area contributed by atoms with Gasteiger partial charge < -0.3 is 5.73 Å². The van der Waals surface area contributed by atoms with Crippen molar-refractivity contribution in [3.63, 3.8) is 0 Å². The topological polar surface area (TPSA) is 26.0 Å². The highest BCUT2D eigenvalue weighted by Crippen LogP contribution is 2.19. The second-order valence-electron chi connectivity index (χ2n) is 6.32. The van der Waals surface area contributed by atoms with E-state index in [1.807, 2.05) is 0 Å². The first-order chi connectivity index (χ1) is 10.3. The van der Waals surface area contributed by atoms with Gasteiger partial charge in [0.1, 0.15) is 0 Å². The van der Waals surface area contributed by atoms with Gasteiger partial charge in [-0.15, -0.1) is 0 Å². The third kappa shape index (κ3) is 8.26. The van der Waals surface area contributed by atoms with E-state index in [2.05, 4.69) is 38.1 Å². The Morgan fingerprint density at radius 1 is 0.857 bits per heavy atom. The van der Waals surface area contributed by atoms with E-state index in [1.165, 1.54) is 68.9 Å². The van der Waals surface area contributed by atoms with Gasteiger partial charge in [0.15, 0.2) is 0 Å². The van der Waals surface area contributed by atoms with Crippen molar-refractivity contribution in [3.05, 3.63) is 35.4 Å². The lowest BCUT2D eigenvalue weighted by molar-refractivity contribution is 0.532. The van der Waals surface area contributed by atoms with Gasteiger partial charge in [0, 0.05) is 6.04 Å². The molecule has 1 heteroatoms. The number of unbranched alkanes of at least 4 members (excludes halogenated alkanes) is 8. The van der Waals surface area contributed by atoms with Crippen LogP contribution in [-0.4, -0.2) is 0 Å². The van der Waals surface area contributed by atoms with E-state index in [1.54, 1.807) is 0 Å². The lowest BCUT2D eigenvalue weighted by atomic mass is 9.98. The van der Waals surface area contributed by atoms with Crippen LogP contribution in [0.4, 0.5) is 0 Å². The van der Waals surface area contributed by atoms with E-state index >= 15 is 0 Å². The summed E-state index contributed by atoms with van der Waals surface area (Å²) in [6.07, 6.45) is 14.7. The summed E-state index contributed by atoms with van der Waals surface area (Å²) in [5.41, 5.74) is 9.03. The maximum absolute atomic E-state index is 6.31. The number of benzene rings is 1. The van der Waals surface area contributed by atoms with Crippen molar-refractivity contribution in [3.8, 4) is 0 Å². The second kappa shape index (κ2) is 11.8. The van der Waals surface area contributed by atoms with Crippen LogP contribution in [0, 0.1) is 0 Å². The van der Waals surface area contributed by atoms with Crippen LogP contribution >= 0.6 is 0 Å². The highest BCUT2D eigenvalue weighted by atomic mass is 14.6. The maximum Gasteiger partial charge on any atom is 0.0294 e. The minimum atomic E-state index is 0.223. The Labute approximate surface area is 132 Å². The summed E-state index contributed by atoms with van der Waals surface area (Å²) >= 11 is 0. The van der Waals surface area contributed by atoms with Gasteiger partial charge in [-0.3, -0.25) is 0 Å². The normalized spacial score (nSPS) is 12.5. The maximum atomic E-state index is 6.31. The molecule has 120 valence electrons. The van der Waals surface area contributed by atoms with Crippen LogP contribution in [0.3, 0.4) is 0 Å². The Balaban J connectivity index is 2.06. The van der Waals surface area contributed by atoms with Gasteiger partial charge in [-0.1, -0.05) is 95.9 Å². The molecule has 0 aliphatic heterocycles. The van der Waals surface area contributed by atoms with Crippen LogP contribution in [-0.2, 0) is 6.42 Å². The molecule has 0 aliphatic carbocycles. The van der Waals surface area contributed by atoms with Crippen molar-refractivity contribution >= 4 is 0 Å². The highest BCUT2D eigenvalue weighted by Gasteiger charge is 2.05. The summed E-state index contributed by atoms with van der Waals surface area (Å²) in [7, 11) is 0. The van der Waals surface area contributed by atoms with Crippen LogP contribution < -0.4 is 5.73 Å². The number of aryl methyl sites for hydroxylation is 1. The molecule has 0 fully saturated rings. The minimum absolute atomic E-state index is 0.223. The molecule has 1 aromatic rings. The first-order valence-corrected chi connectivity index (χ1v) is 9.12. The predicted molar refractivity (Wildman–Crippen MR) is 94.6 cm³/mol. The van der Waals surface area contributed by atoms with Gasteiger partial charge in [-0.05, 0) is 24.0 Å². The molecule has 21 heavy (non-hydrogen) atoms. The molecule has 0 amide bonds. The lowest BCUT2D eigenvalue weighted by Crippen LogP contribution is -2.10. The molecule has 0 bridgehead atoms. The van der Waals surface area contributed by atoms with Crippen LogP contribution in [0.15, 0.2) is 24.3 Å². The molecular weight excluding hydrogens is 254 g/mol. The quantitative estimate of drug-likeness (QED) is 0.457. The fourth-order valence-corrected chi connectivity index (χ4v) is 2.89. The van der Waals surface area contributed by atoms with Gasteiger partial charge >= 0.3 is 0 Å². The SMILES string of the molecule is CCCCCCCCCCCC(N)c1cccc(CC)c1. The molecule has 1 unspecified atom stereocenters. The average molecular weight is 290 g/mol. The van der Waals surface area contributed by atoms with Gasteiger partial charge in [0.05, 0.1) is 0 Å². The highest BCUT2D eigenvalue weighted by molar-refractivity contribution is 5.25. The molecule has 0 saturated heterocycles. The predicted octanol–water partition coefficient (Wildman–Crippen LogP) is 6.17. The van der Waals surface area contributed by atoms with Crippen LogP contribution in [0.5, 0.6) is 0 Å². The van der Waals surface area contributed by atoms with Gasteiger partial charge in [-0.25, -0.2) is 0 Å². The van der Waals surface area contributed by atoms with Crippen molar-refractivity contribution < 1.29 is 0 Å². The monoisotopic (exact) mass is 289 g/mol. The standard InChI is InChI=1S/C20H35N/c1-3-5-6-7-8-9-10-11-12-16-20(21)19-15-13-14-18(4-2)17-19/h13-15,17,20H,3-12,16,21H2,1-2H3. The van der Waals surface area contributed by atoms with Crippen molar-refractivity contribution in [2.45, 2.75) is 90.5 Å². The summed E-state index contributed by atoms with van der Waals surface area (Å²) in [6, 6.07) is 9.01. The average Bonchev–Trinajstić information content (AvgIpc) is 2.53. The Morgan fingerprint density at radius 2 is 1.48 bits per heavy atom. The molecule has 2 N–H and O–H groups in total. The zero-order chi connectivity index (χ0) is 15.3. The zero-order valence-electron chi connectivity index (χ0n) is 14.2. The van der Waals surface area contributed by atoms with Crippen LogP contribution in [0.25, 0.3) is 0 Å². The molecule has 0 saturated carbocycles. The summed E-state index contributed by atoms with van der Waals surface area (Å²) in [6.45, 7) is 4.48. The fraction of sp³-hybridized carbons (Fsp3) is 0.700. The molecule has 0 spiro atoms. The van der Waals surface area contributed by atoms with Crippen molar-refractivity contribution in [1.82, 2.24) is 0 Å². The van der Waals surface area contributed by atoms with E-state index in [0.717, 1.165) is 12.8 Å². The van der Waals surface area contributed by atoms with Gasteiger partial charge in [0.25, 0.3) is 0 Å². The zero-order valence-corrected chi connectivity index (χ0v) is 14.2. The Morgan fingerprint density at radius 3 is 2.10 bits per heavy atom. The minimum Gasteiger partial charge on any atom is -0.324 e. The molecule has 0 radical (unpaired) electrons. The Kier molecular flexibility index (Phi) is 10.2. The van der Waals surface area contributed by atoms with Crippen molar-refractivity contribution in [2.24, 2.45) is 5.73 Å². The van der Waals surface area contributed by atoms with Crippen LogP contribution in [0.2, 0.25) is 0 Å². The molecule has 0 heterocycles. The van der Waals surface area contributed by atoms with E-state index < -0.39 is 0 Å². The molecule has 0 aliphatic rings. The van der Waals surface area contributed by atoms with E-state index in [0.29, 0.717) is 0 Å². The van der Waals surface area contributed by atoms with E-state index in [9.17, 15) is 0 Å². The van der Waals surface area contributed by atoms with Gasteiger partial charge in [0.2, 0.25) is 0 Å². The Hall–Kier alpha value is -0.820. The third-order valence-corrected chi connectivity index (χ3v) is 4.41. The second-order valence-corrected chi connectivity index (χ2v) is 6.32. The fourth-order valence-electron chi connectivity index (χ4n) is 2.89. The smallest absolute Gasteiger partial charge is 0.0294 e. The summed E-state index contributed by atoms with van der Waals surface area (Å²) in [5.74, 6) is 0. The first kappa shape index (κ1) is 18.2. The molecule has 1 aromatic carbocycles. The summed E-state index contributed by atoms with van der Waals surface area (Å²) in [4.78, 5) is 0. The number of hydrogen-bond donors (Lipinski definition) is 1. The van der Waals surface area contributed by atoms with Gasteiger partial charge in [-0.2, -0.15) is 0 Å². The molecule has 1 nitrogen and oxygen atoms in total. The van der Waals surface area contributed by atoms with E-state index in [4.69, 9.17) is 5.73 Å². The molecule has 1 rings (SSSR count). The third-order valence-electron chi connectivity index (χ3n) is 4.41. The number of hydrogen-bond acceptors (Lipinski definition) is 1. The number of nitrogens with two attached hydrogens (primary N) is 1. The summed E-state index contributed by atoms with van der Waals surface area (Å²) in [5, 5.41) is 0. The first-order valence-electron chi connectivity index (χ1n) is 9.12. The Bertz CT molecular complexity index is 359. The lowest BCUT2D eigenvalue weighted by Gasteiger charge is -2.13. The largest absolute Gasteiger partial charge is 0.324 e. The molecule has 0 aromatic heterocycles. The number of rotatable bonds is 12. The molecule has 1 atom stereocenters. The van der Waals surface area contributed by atoms with Crippen LogP contribution in [0.1, 0.15) is 95.2 Å². The van der Waals surface area contributed by atoms with E-state index in [-0.39, 0.29) is 6.04 Å². The molecular formula is C20H35N.